The number of nitrogens with one attached hydrogen (secondary N) is 2. The third-order valence-corrected chi connectivity index (χ3v) is 16.4. The molecule has 9 heterocycles. The number of benzene rings is 1. The summed E-state index contributed by atoms with van der Waals surface area (Å²) in [5.41, 5.74) is 4.54. The number of hydrogen-bond acceptors (Lipinski definition) is 13. The van der Waals surface area contributed by atoms with Crippen LogP contribution in [-0.2, 0) is 51.1 Å². The Hall–Kier alpha value is -5.43. The van der Waals surface area contributed by atoms with E-state index in [0.717, 1.165) is 0 Å². The normalized spacial score (nSPS) is 27.0. The van der Waals surface area contributed by atoms with Crippen LogP contribution in [-0.4, -0.2) is 144 Å². The number of thiazole rings is 1. The second kappa shape index (κ2) is 18.7. The first-order chi connectivity index (χ1) is 34.4. The summed E-state index contributed by atoms with van der Waals surface area (Å²) in [4.78, 5) is 70.4. The van der Waals surface area contributed by atoms with E-state index in [4.69, 9.17) is 28.9 Å². The maximum atomic E-state index is 15.3. The molecule has 73 heavy (non-hydrogen) atoms. The number of ether oxygens (including phenoxy) is 4. The molecule has 1 spiro atoms. The molecule has 16 nitrogen and oxygen atoms in total. The molecule has 390 valence electrons. The van der Waals surface area contributed by atoms with Crippen LogP contribution in [0.2, 0.25) is 0 Å². The van der Waals surface area contributed by atoms with Gasteiger partial charge in [-0.3, -0.25) is 34.1 Å². The van der Waals surface area contributed by atoms with Crippen molar-refractivity contribution in [3.05, 3.63) is 57.7 Å². The number of halogens is 3. The topological polar surface area (TPSA) is 170 Å². The van der Waals surface area contributed by atoms with Crippen LogP contribution in [0, 0.1) is 39.9 Å². The summed E-state index contributed by atoms with van der Waals surface area (Å²) in [6.45, 7) is 12.2. The number of rotatable bonds is 8. The molecule has 0 radical (unpaired) electrons. The Morgan fingerprint density at radius 3 is 2.48 bits per heavy atom. The predicted octanol–water partition coefficient (Wildman–Crippen LogP) is 6.07. The van der Waals surface area contributed by atoms with Crippen molar-refractivity contribution in [2.45, 2.75) is 110 Å². The van der Waals surface area contributed by atoms with E-state index in [1.807, 2.05) is 32.2 Å². The van der Waals surface area contributed by atoms with Crippen molar-refractivity contribution in [2.24, 2.45) is 28.1 Å². The van der Waals surface area contributed by atoms with Crippen LogP contribution >= 0.6 is 11.3 Å². The summed E-state index contributed by atoms with van der Waals surface area (Å²) in [6.07, 6.45) is -3.31. The number of esters is 1. The molecule has 0 unspecified atom stereocenters. The first kappa shape index (κ1) is 51.1. The number of alkyl halides is 3. The standard InChI is InChI=1S/C53H63F3N8O8S/c1-28-20-71-44(28)45(65)59-41-43(62-22-52(23-62)26-70-27-52)46-58-37(21-73-46)31-10-11-38-34(17-31)36(18-50(3,4)25-72-48(67)40-32-15-33(16-32)64(60-40)47(41)66)42(63(38)24-53(54,55)56)35-14-30(19-57-39(35)29(2)69-9)12-13-51(5,6)49(68)61(7)8/h10-11,14,17,19,21,28-29,32-33,40-41,43-44,60H,15-16,18,20,22-27H2,1-9H3,(H,59,65)/t28-,29-,32?,33?,40-,41-,43-,44-/m0/s1. The number of carbonyl (C=O) groups is 4. The largest absolute Gasteiger partial charge is 0.464 e. The minimum atomic E-state index is -4.67. The first-order valence-corrected chi connectivity index (χ1v) is 25.8. The van der Waals surface area contributed by atoms with E-state index in [-0.39, 0.29) is 47.9 Å². The number of likely N-dealkylation sites (tertiary alicyclic amines) is 1. The molecule has 5 saturated heterocycles. The van der Waals surface area contributed by atoms with Gasteiger partial charge in [0.1, 0.15) is 35.2 Å². The number of methoxy groups -OCH3 is 1. The number of hydrazine groups is 1. The van der Waals surface area contributed by atoms with E-state index in [0.29, 0.717) is 95.3 Å². The number of amides is 3. The van der Waals surface area contributed by atoms with Crippen LogP contribution in [0.3, 0.4) is 0 Å². The summed E-state index contributed by atoms with van der Waals surface area (Å²) < 4.78 is 70.0. The molecule has 2 N–H and O–H groups in total. The summed E-state index contributed by atoms with van der Waals surface area (Å²) in [5.74, 6) is 4.39. The van der Waals surface area contributed by atoms with Crippen molar-refractivity contribution in [2.75, 3.05) is 60.7 Å². The van der Waals surface area contributed by atoms with E-state index in [2.05, 4.69) is 27.5 Å². The maximum Gasteiger partial charge on any atom is 0.406 e. The zero-order chi connectivity index (χ0) is 52.1. The van der Waals surface area contributed by atoms with Gasteiger partial charge in [0.15, 0.2) is 0 Å². The second-order valence-corrected chi connectivity index (χ2v) is 23.5. The summed E-state index contributed by atoms with van der Waals surface area (Å²) >= 11 is 1.34. The number of aromatic nitrogens is 3. The zero-order valence-electron chi connectivity index (χ0n) is 42.6. The van der Waals surface area contributed by atoms with Gasteiger partial charge in [-0.05, 0) is 69.7 Å². The summed E-state index contributed by atoms with van der Waals surface area (Å²) in [5, 5.41) is 7.57. The Bertz CT molecular complexity index is 2920. The van der Waals surface area contributed by atoms with Gasteiger partial charge in [0.05, 0.1) is 55.7 Å². The lowest BCUT2D eigenvalue weighted by atomic mass is 9.72. The van der Waals surface area contributed by atoms with Crippen LogP contribution in [0.1, 0.15) is 88.4 Å². The van der Waals surface area contributed by atoms with Gasteiger partial charge in [0, 0.05) is 96.3 Å². The monoisotopic (exact) mass is 1030 g/mol. The summed E-state index contributed by atoms with van der Waals surface area (Å²) in [6, 6.07) is 3.99. The molecule has 6 aliphatic heterocycles. The molecule has 1 aromatic carbocycles. The van der Waals surface area contributed by atoms with Gasteiger partial charge in [0.2, 0.25) is 11.8 Å². The van der Waals surface area contributed by atoms with Crippen molar-refractivity contribution in [3.8, 4) is 34.4 Å². The molecular weight excluding hydrogens is 966 g/mol. The molecule has 6 fully saturated rings. The number of nitrogens with zero attached hydrogens (tertiary/aromatic N) is 6. The predicted molar refractivity (Wildman–Crippen MR) is 264 cm³/mol. The molecule has 11 rings (SSSR count). The van der Waals surface area contributed by atoms with Crippen molar-refractivity contribution < 1.29 is 51.3 Å². The van der Waals surface area contributed by atoms with Crippen LogP contribution < -0.4 is 10.7 Å². The molecule has 8 bridgehead atoms. The lowest BCUT2D eigenvalue weighted by molar-refractivity contribution is -0.204. The Balaban J connectivity index is 1.16. The maximum absolute atomic E-state index is 15.3. The first-order valence-electron chi connectivity index (χ1n) is 24.9. The number of hydrogen-bond donors (Lipinski definition) is 2. The quantitative estimate of drug-likeness (QED) is 0.155. The number of cyclic esters (lactones) is 1. The van der Waals surface area contributed by atoms with E-state index < -0.39 is 71.7 Å². The lowest BCUT2D eigenvalue weighted by Gasteiger charge is -2.58. The average molecular weight is 1030 g/mol. The molecule has 6 atom stereocenters. The van der Waals surface area contributed by atoms with Crippen molar-refractivity contribution in [1.29, 1.82) is 0 Å². The van der Waals surface area contributed by atoms with E-state index in [1.165, 1.54) is 39.1 Å². The highest BCUT2D eigenvalue weighted by Crippen LogP contribution is 2.48. The van der Waals surface area contributed by atoms with Crippen LogP contribution in [0.15, 0.2) is 35.8 Å². The Kier molecular flexibility index (Phi) is 13.1. The van der Waals surface area contributed by atoms with Crippen LogP contribution in [0.5, 0.6) is 0 Å². The minimum absolute atomic E-state index is 0.0601. The second-order valence-electron chi connectivity index (χ2n) is 22.6. The van der Waals surface area contributed by atoms with Gasteiger partial charge >= 0.3 is 12.1 Å². The smallest absolute Gasteiger partial charge is 0.406 e. The minimum Gasteiger partial charge on any atom is -0.464 e. The molecule has 7 aliphatic rings. The fraction of sp³-hybridized carbons (Fsp3) is 0.585. The highest BCUT2D eigenvalue weighted by Gasteiger charge is 2.57. The number of carbonyl (C=O) groups excluding carboxylic acids is 4. The van der Waals surface area contributed by atoms with Crippen LogP contribution in [0.4, 0.5) is 13.2 Å². The van der Waals surface area contributed by atoms with Gasteiger partial charge in [-0.2, -0.15) is 13.2 Å². The Labute approximate surface area is 426 Å². The van der Waals surface area contributed by atoms with E-state index >= 15 is 18.0 Å². The van der Waals surface area contributed by atoms with Gasteiger partial charge in [0.25, 0.3) is 5.91 Å². The van der Waals surface area contributed by atoms with E-state index in [9.17, 15) is 14.4 Å². The SMILES string of the molecule is CO[C@@H](C)c1ncc(C#CC(C)(C)C(=O)N(C)C)cc1-c1c2c3cc(ccc3n1CC(F)(F)F)-c1csc(n1)[C@@H](N1CC3(COC3)C1)[C@H](NC(=O)[C@H]1OC[C@@H]1C)C(=O)N1N[C@H](C(=O)OCC(C)(C)C2)C2CC1C2. The van der Waals surface area contributed by atoms with Gasteiger partial charge in [-0.1, -0.05) is 38.7 Å². The summed E-state index contributed by atoms with van der Waals surface area (Å²) in [7, 11) is 4.79. The molecule has 20 heteroatoms. The van der Waals surface area contributed by atoms with Gasteiger partial charge in [-0.15, -0.1) is 11.3 Å². The highest BCUT2D eigenvalue weighted by atomic mass is 32.1. The molecular formula is C53H63F3N8O8S. The molecule has 1 saturated carbocycles. The van der Waals surface area contributed by atoms with Crippen molar-refractivity contribution in [1.82, 2.24) is 40.1 Å². The molecule has 3 amide bonds. The Morgan fingerprint density at radius 1 is 1.11 bits per heavy atom. The molecule has 3 aromatic heterocycles. The fourth-order valence-corrected chi connectivity index (χ4v) is 12.3. The number of fused-ring (bicyclic) bond motifs is 4. The van der Waals surface area contributed by atoms with Gasteiger partial charge < -0.3 is 33.7 Å². The zero-order valence-corrected chi connectivity index (χ0v) is 43.5. The highest BCUT2D eigenvalue weighted by molar-refractivity contribution is 7.10. The van der Waals surface area contributed by atoms with Crippen molar-refractivity contribution >= 4 is 45.9 Å². The third-order valence-electron chi connectivity index (χ3n) is 15.4. The van der Waals surface area contributed by atoms with Crippen molar-refractivity contribution in [3.63, 3.8) is 0 Å². The lowest BCUT2D eigenvalue weighted by Crippen LogP contribution is -2.74. The fourth-order valence-electron chi connectivity index (χ4n) is 11.3. The molecule has 1 aliphatic carbocycles. The van der Waals surface area contributed by atoms with Crippen LogP contribution in [0.25, 0.3) is 33.4 Å². The Morgan fingerprint density at radius 2 is 1.85 bits per heavy atom. The third kappa shape index (κ3) is 9.54. The van der Waals surface area contributed by atoms with E-state index in [1.54, 1.807) is 53.1 Å². The van der Waals surface area contributed by atoms with Gasteiger partial charge in [-0.25, -0.2) is 10.4 Å². The average Bonchev–Trinajstić information content (AvgIpc) is 3.89. The number of pyridine rings is 1. The molecule has 4 aromatic rings.